The third kappa shape index (κ3) is 4.42. The zero-order chi connectivity index (χ0) is 14.4. The van der Waals surface area contributed by atoms with Gasteiger partial charge in [0, 0.05) is 26.7 Å². The Labute approximate surface area is 134 Å². The first-order chi connectivity index (χ1) is 9.70. The van der Waals surface area contributed by atoms with Crippen LogP contribution in [0.4, 0.5) is 0 Å². The summed E-state index contributed by atoms with van der Waals surface area (Å²) >= 11 is 14.0. The van der Waals surface area contributed by atoms with Gasteiger partial charge in [-0.3, -0.25) is 0 Å². The van der Waals surface area contributed by atoms with Crippen LogP contribution in [0.1, 0.15) is 18.5 Å². The second-order valence-corrected chi connectivity index (χ2v) is 6.33. The lowest BCUT2D eigenvalue weighted by Gasteiger charge is -2.19. The van der Waals surface area contributed by atoms with Crippen molar-refractivity contribution in [2.24, 2.45) is 0 Å². The largest absolute Gasteiger partial charge is 0.309 e. The van der Waals surface area contributed by atoms with Gasteiger partial charge in [0.1, 0.15) is 0 Å². The standard InChI is InChI=1S/C16H17Cl2NS/c1-2-19-16(14-5-3-4-6-15(14)18)11-20-13-9-7-12(17)8-10-13/h3-10,16,19H,2,11H2,1H3. The van der Waals surface area contributed by atoms with Gasteiger partial charge in [0.15, 0.2) is 0 Å². The highest BCUT2D eigenvalue weighted by atomic mass is 35.5. The van der Waals surface area contributed by atoms with Crippen molar-refractivity contribution < 1.29 is 0 Å². The van der Waals surface area contributed by atoms with Gasteiger partial charge in [0.25, 0.3) is 0 Å². The van der Waals surface area contributed by atoms with E-state index in [9.17, 15) is 0 Å². The van der Waals surface area contributed by atoms with Crippen LogP contribution in [0.5, 0.6) is 0 Å². The topological polar surface area (TPSA) is 12.0 Å². The number of nitrogens with one attached hydrogen (secondary N) is 1. The molecule has 0 bridgehead atoms. The maximum absolute atomic E-state index is 6.29. The summed E-state index contributed by atoms with van der Waals surface area (Å²) < 4.78 is 0. The summed E-state index contributed by atoms with van der Waals surface area (Å²) in [6, 6.07) is 16.2. The zero-order valence-corrected chi connectivity index (χ0v) is 13.6. The summed E-state index contributed by atoms with van der Waals surface area (Å²) in [7, 11) is 0. The summed E-state index contributed by atoms with van der Waals surface area (Å²) in [6.45, 7) is 3.02. The number of hydrogen-bond acceptors (Lipinski definition) is 2. The van der Waals surface area contributed by atoms with Crippen LogP contribution in [0.2, 0.25) is 10.0 Å². The molecule has 1 nitrogen and oxygen atoms in total. The summed E-state index contributed by atoms with van der Waals surface area (Å²) in [5, 5.41) is 5.07. The lowest BCUT2D eigenvalue weighted by Crippen LogP contribution is -2.23. The van der Waals surface area contributed by atoms with Crippen molar-refractivity contribution in [3.63, 3.8) is 0 Å². The molecule has 1 unspecified atom stereocenters. The van der Waals surface area contributed by atoms with E-state index >= 15 is 0 Å². The maximum atomic E-state index is 6.29. The molecule has 0 heterocycles. The van der Waals surface area contributed by atoms with Crippen LogP contribution in [-0.2, 0) is 0 Å². The molecule has 0 aromatic heterocycles. The van der Waals surface area contributed by atoms with Crippen LogP contribution < -0.4 is 5.32 Å². The van der Waals surface area contributed by atoms with Gasteiger partial charge in [-0.2, -0.15) is 0 Å². The highest BCUT2D eigenvalue weighted by molar-refractivity contribution is 7.99. The van der Waals surface area contributed by atoms with E-state index in [4.69, 9.17) is 23.2 Å². The Hall–Kier alpha value is -0.670. The molecular weight excluding hydrogens is 309 g/mol. The molecule has 4 heteroatoms. The Morgan fingerprint density at radius 3 is 2.40 bits per heavy atom. The summed E-state index contributed by atoms with van der Waals surface area (Å²) in [4.78, 5) is 1.21. The molecule has 106 valence electrons. The fraction of sp³-hybridized carbons (Fsp3) is 0.250. The summed E-state index contributed by atoms with van der Waals surface area (Å²) in [6.07, 6.45) is 0. The van der Waals surface area contributed by atoms with E-state index < -0.39 is 0 Å². The average Bonchev–Trinajstić information content (AvgIpc) is 2.46. The summed E-state index contributed by atoms with van der Waals surface area (Å²) in [5.41, 5.74) is 1.15. The van der Waals surface area contributed by atoms with Crippen molar-refractivity contribution in [3.8, 4) is 0 Å². The Morgan fingerprint density at radius 1 is 1.05 bits per heavy atom. The van der Waals surface area contributed by atoms with E-state index in [2.05, 4.69) is 18.3 Å². The molecule has 0 saturated carbocycles. The van der Waals surface area contributed by atoms with Crippen molar-refractivity contribution in [2.75, 3.05) is 12.3 Å². The minimum atomic E-state index is 0.245. The van der Waals surface area contributed by atoms with Crippen LogP contribution in [0, 0.1) is 0 Å². The number of thioether (sulfide) groups is 1. The van der Waals surface area contributed by atoms with Gasteiger partial charge in [-0.05, 0) is 42.4 Å². The Morgan fingerprint density at radius 2 is 1.75 bits per heavy atom. The van der Waals surface area contributed by atoms with E-state index in [0.29, 0.717) is 0 Å². The molecule has 0 fully saturated rings. The first-order valence-electron chi connectivity index (χ1n) is 6.57. The van der Waals surface area contributed by atoms with E-state index in [-0.39, 0.29) is 6.04 Å². The fourth-order valence-electron chi connectivity index (χ4n) is 1.97. The second kappa shape index (κ2) is 7.94. The van der Waals surface area contributed by atoms with E-state index in [0.717, 1.165) is 27.9 Å². The summed E-state index contributed by atoms with van der Waals surface area (Å²) in [5.74, 6) is 0.930. The van der Waals surface area contributed by atoms with E-state index in [1.54, 1.807) is 11.8 Å². The van der Waals surface area contributed by atoms with Gasteiger partial charge in [-0.25, -0.2) is 0 Å². The van der Waals surface area contributed by atoms with E-state index in [1.165, 1.54) is 4.90 Å². The molecule has 2 rings (SSSR count). The average molecular weight is 326 g/mol. The molecule has 0 saturated heterocycles. The number of benzene rings is 2. The van der Waals surface area contributed by atoms with Gasteiger partial charge in [-0.15, -0.1) is 11.8 Å². The van der Waals surface area contributed by atoms with Crippen LogP contribution in [0.25, 0.3) is 0 Å². The highest BCUT2D eigenvalue weighted by Crippen LogP contribution is 2.29. The molecule has 2 aromatic rings. The van der Waals surface area contributed by atoms with Gasteiger partial charge in [0.05, 0.1) is 0 Å². The van der Waals surface area contributed by atoms with Gasteiger partial charge >= 0.3 is 0 Å². The lowest BCUT2D eigenvalue weighted by atomic mass is 10.1. The number of halogens is 2. The van der Waals surface area contributed by atoms with Crippen LogP contribution in [-0.4, -0.2) is 12.3 Å². The first-order valence-corrected chi connectivity index (χ1v) is 8.31. The third-order valence-corrected chi connectivity index (χ3v) is 4.66. The highest BCUT2D eigenvalue weighted by Gasteiger charge is 2.13. The lowest BCUT2D eigenvalue weighted by molar-refractivity contribution is 0.606. The molecule has 0 radical (unpaired) electrons. The van der Waals surface area contributed by atoms with Crippen molar-refractivity contribution in [1.82, 2.24) is 5.32 Å². The SMILES string of the molecule is CCNC(CSc1ccc(Cl)cc1)c1ccccc1Cl. The molecule has 0 amide bonds. The minimum Gasteiger partial charge on any atom is -0.309 e. The number of hydrogen-bond donors (Lipinski definition) is 1. The van der Waals surface area contributed by atoms with Gasteiger partial charge < -0.3 is 5.32 Å². The Kier molecular flexibility index (Phi) is 6.24. The fourth-order valence-corrected chi connectivity index (χ4v) is 3.35. The Balaban J connectivity index is 2.06. The quantitative estimate of drug-likeness (QED) is 0.710. The van der Waals surface area contributed by atoms with Gasteiger partial charge in [0.2, 0.25) is 0 Å². The molecule has 0 aliphatic rings. The third-order valence-electron chi connectivity index (χ3n) is 2.96. The van der Waals surface area contributed by atoms with Crippen LogP contribution in [0.15, 0.2) is 53.4 Å². The molecule has 0 aliphatic heterocycles. The molecular formula is C16H17Cl2NS. The Bertz CT molecular complexity index is 542. The predicted octanol–water partition coefficient (Wildman–Crippen LogP) is 5.44. The van der Waals surface area contributed by atoms with E-state index in [1.807, 2.05) is 42.5 Å². The first kappa shape index (κ1) is 15.7. The minimum absolute atomic E-state index is 0.245. The molecule has 1 N–H and O–H groups in total. The van der Waals surface area contributed by atoms with Crippen molar-refractivity contribution >= 4 is 35.0 Å². The van der Waals surface area contributed by atoms with Crippen LogP contribution >= 0.6 is 35.0 Å². The van der Waals surface area contributed by atoms with Crippen LogP contribution in [0.3, 0.4) is 0 Å². The molecule has 20 heavy (non-hydrogen) atoms. The maximum Gasteiger partial charge on any atom is 0.0454 e. The van der Waals surface area contributed by atoms with Crippen molar-refractivity contribution in [1.29, 1.82) is 0 Å². The smallest absolute Gasteiger partial charge is 0.0454 e. The van der Waals surface area contributed by atoms with Crippen molar-refractivity contribution in [2.45, 2.75) is 17.9 Å². The van der Waals surface area contributed by atoms with Gasteiger partial charge in [-0.1, -0.05) is 48.3 Å². The molecule has 2 aromatic carbocycles. The molecule has 0 spiro atoms. The van der Waals surface area contributed by atoms with Crippen molar-refractivity contribution in [3.05, 3.63) is 64.1 Å². The molecule has 1 atom stereocenters. The zero-order valence-electron chi connectivity index (χ0n) is 11.3. The normalized spacial score (nSPS) is 12.3. The predicted molar refractivity (Wildman–Crippen MR) is 90.0 cm³/mol. The number of rotatable bonds is 6. The molecule has 0 aliphatic carbocycles. The monoisotopic (exact) mass is 325 g/mol. The second-order valence-electron chi connectivity index (χ2n) is 4.40.